The average molecular weight is 286 g/mol. The van der Waals surface area contributed by atoms with E-state index >= 15 is 0 Å². The number of amidine groups is 1. The summed E-state index contributed by atoms with van der Waals surface area (Å²) < 4.78 is 0. The molecule has 2 heterocycles. The van der Waals surface area contributed by atoms with Crippen LogP contribution in [0.25, 0.3) is 10.9 Å². The molecular weight excluding hydrogens is 268 g/mol. The molecule has 1 aromatic carbocycles. The number of hydrogen-bond donors (Lipinski definition) is 3. The Morgan fingerprint density at radius 3 is 3.00 bits per heavy atom. The normalized spacial score (nSPS) is 19.4. The maximum Gasteiger partial charge on any atom is 0.173 e. The number of nitrogens with zero attached hydrogens (tertiary/aromatic N) is 3. The topological polar surface area (TPSA) is 95.0 Å². The van der Waals surface area contributed by atoms with Crippen LogP contribution in [0.5, 0.6) is 0 Å². The smallest absolute Gasteiger partial charge is 0.173 e. The van der Waals surface area contributed by atoms with E-state index < -0.39 is 0 Å². The Morgan fingerprint density at radius 1 is 1.43 bits per heavy atom. The highest BCUT2D eigenvalue weighted by Crippen LogP contribution is 2.29. The molecule has 6 nitrogen and oxygen atoms in total. The molecule has 0 amide bonds. The van der Waals surface area contributed by atoms with Crippen molar-refractivity contribution >= 4 is 22.6 Å². The van der Waals surface area contributed by atoms with Gasteiger partial charge >= 0.3 is 0 Å². The molecule has 1 aliphatic heterocycles. The van der Waals surface area contributed by atoms with Crippen LogP contribution in [0.15, 0.2) is 35.5 Å². The summed E-state index contributed by atoms with van der Waals surface area (Å²) in [6, 6.07) is 9.62. The molecule has 1 aliphatic rings. The van der Waals surface area contributed by atoms with Crippen molar-refractivity contribution in [3.05, 3.63) is 35.9 Å². The van der Waals surface area contributed by atoms with Crippen LogP contribution in [-0.4, -0.2) is 40.3 Å². The van der Waals surface area contributed by atoms with Crippen LogP contribution in [0.3, 0.4) is 0 Å². The molecule has 6 heteroatoms. The van der Waals surface area contributed by atoms with Crippen molar-refractivity contribution in [2.24, 2.45) is 10.9 Å². The number of anilines is 1. The van der Waals surface area contributed by atoms with Crippen LogP contribution in [0.1, 0.15) is 18.4 Å². The summed E-state index contributed by atoms with van der Waals surface area (Å²) in [5.74, 6) is 0.701. The molecule has 1 aromatic heterocycles. The van der Waals surface area contributed by atoms with E-state index in [4.69, 9.17) is 10.9 Å². The van der Waals surface area contributed by atoms with Crippen LogP contribution in [0, 0.1) is 0 Å². The van der Waals surface area contributed by atoms with Crippen molar-refractivity contribution in [1.82, 2.24) is 4.98 Å². The first kappa shape index (κ1) is 13.6. The van der Waals surface area contributed by atoms with Crippen molar-refractivity contribution < 1.29 is 10.3 Å². The Morgan fingerprint density at radius 2 is 2.24 bits per heavy atom. The van der Waals surface area contributed by atoms with Crippen molar-refractivity contribution in [3.63, 3.8) is 0 Å². The predicted octanol–water partition coefficient (Wildman–Crippen LogP) is 1.29. The van der Waals surface area contributed by atoms with Gasteiger partial charge in [0.05, 0.1) is 23.7 Å². The van der Waals surface area contributed by atoms with Gasteiger partial charge in [-0.2, -0.15) is 0 Å². The number of oxime groups is 1. The summed E-state index contributed by atoms with van der Waals surface area (Å²) in [6.45, 7) is 0.881. The molecule has 0 saturated carbocycles. The molecule has 3 rings (SSSR count). The highest BCUT2D eigenvalue weighted by Gasteiger charge is 2.28. The fraction of sp³-hybridized carbons (Fsp3) is 0.333. The molecule has 0 bridgehead atoms. The molecule has 110 valence electrons. The van der Waals surface area contributed by atoms with Gasteiger partial charge in [-0.1, -0.05) is 23.4 Å². The highest BCUT2D eigenvalue weighted by molar-refractivity contribution is 6.04. The number of para-hydroxylation sites is 1. The van der Waals surface area contributed by atoms with Gasteiger partial charge in [-0.05, 0) is 25.0 Å². The van der Waals surface area contributed by atoms with E-state index in [2.05, 4.69) is 10.1 Å². The minimum atomic E-state index is 0.0314. The Labute approximate surface area is 122 Å². The Balaban J connectivity index is 2.18. The van der Waals surface area contributed by atoms with E-state index in [0.717, 1.165) is 30.3 Å². The van der Waals surface area contributed by atoms with Crippen molar-refractivity contribution in [1.29, 1.82) is 0 Å². The van der Waals surface area contributed by atoms with Crippen molar-refractivity contribution in [3.8, 4) is 0 Å². The van der Waals surface area contributed by atoms with Crippen LogP contribution >= 0.6 is 0 Å². The number of aromatic nitrogens is 1. The number of aliphatic hydroxyl groups excluding tert-OH is 1. The number of fused-ring (bicyclic) bond motifs is 1. The fourth-order valence-corrected chi connectivity index (χ4v) is 2.87. The number of nitrogens with two attached hydrogens (primary N) is 1. The lowest BCUT2D eigenvalue weighted by atomic mass is 10.1. The minimum Gasteiger partial charge on any atom is -0.409 e. The molecule has 2 aromatic rings. The van der Waals surface area contributed by atoms with Gasteiger partial charge in [0.15, 0.2) is 5.84 Å². The van der Waals surface area contributed by atoms with Gasteiger partial charge in [0, 0.05) is 11.9 Å². The molecule has 0 spiro atoms. The van der Waals surface area contributed by atoms with E-state index in [1.165, 1.54) is 0 Å². The van der Waals surface area contributed by atoms with Crippen LogP contribution < -0.4 is 10.6 Å². The molecule has 4 N–H and O–H groups in total. The zero-order valence-electron chi connectivity index (χ0n) is 11.6. The molecule has 1 unspecified atom stereocenters. The van der Waals surface area contributed by atoms with Crippen LogP contribution in [0.2, 0.25) is 0 Å². The van der Waals surface area contributed by atoms with Crippen molar-refractivity contribution in [2.75, 3.05) is 18.1 Å². The lowest BCUT2D eigenvalue weighted by Crippen LogP contribution is -2.34. The van der Waals surface area contributed by atoms with Gasteiger partial charge in [-0.3, -0.25) is 0 Å². The summed E-state index contributed by atoms with van der Waals surface area (Å²) >= 11 is 0. The van der Waals surface area contributed by atoms with Crippen molar-refractivity contribution in [2.45, 2.75) is 18.9 Å². The number of rotatable bonds is 3. The van der Waals surface area contributed by atoms with Crippen LogP contribution in [0.4, 0.5) is 5.82 Å². The van der Waals surface area contributed by atoms with E-state index in [0.29, 0.717) is 11.4 Å². The zero-order chi connectivity index (χ0) is 14.8. The third kappa shape index (κ3) is 2.38. The first-order valence-corrected chi connectivity index (χ1v) is 6.99. The van der Waals surface area contributed by atoms with E-state index in [1.54, 1.807) is 0 Å². The molecule has 1 fully saturated rings. The monoisotopic (exact) mass is 286 g/mol. The Kier molecular flexibility index (Phi) is 3.62. The standard InChI is InChI=1S/C15H18N4O2/c16-14(18-21)12-8-10-4-1-2-6-13(10)17-15(12)19-7-3-5-11(19)9-20/h1-2,4,6,8,11,20-21H,3,5,7,9H2,(H2,16,18). The molecule has 1 atom stereocenters. The molecule has 0 aliphatic carbocycles. The third-order valence-corrected chi connectivity index (χ3v) is 3.95. The molecular formula is C15H18N4O2. The van der Waals surface area contributed by atoms with Crippen LogP contribution in [-0.2, 0) is 0 Å². The maximum atomic E-state index is 9.52. The fourth-order valence-electron chi connectivity index (χ4n) is 2.87. The zero-order valence-corrected chi connectivity index (χ0v) is 11.6. The first-order valence-electron chi connectivity index (χ1n) is 6.99. The minimum absolute atomic E-state index is 0.0314. The molecule has 21 heavy (non-hydrogen) atoms. The average Bonchev–Trinajstić information content (AvgIpc) is 3.01. The summed E-state index contributed by atoms with van der Waals surface area (Å²) in [6.07, 6.45) is 1.91. The van der Waals surface area contributed by atoms with E-state index in [-0.39, 0.29) is 18.5 Å². The van der Waals surface area contributed by atoms with E-state index in [9.17, 15) is 5.11 Å². The quantitative estimate of drug-likeness (QED) is 0.342. The first-order chi connectivity index (χ1) is 10.2. The summed E-state index contributed by atoms with van der Waals surface area (Å²) in [5, 5.41) is 22.6. The number of hydrogen-bond acceptors (Lipinski definition) is 5. The lowest BCUT2D eigenvalue weighted by Gasteiger charge is -2.26. The van der Waals surface area contributed by atoms with Gasteiger partial charge in [-0.25, -0.2) is 4.98 Å². The lowest BCUT2D eigenvalue weighted by molar-refractivity contribution is 0.266. The SMILES string of the molecule is NC(=NO)c1cc2ccccc2nc1N1CCCC1CO. The highest BCUT2D eigenvalue weighted by atomic mass is 16.4. The van der Waals surface area contributed by atoms with Gasteiger partial charge in [0.25, 0.3) is 0 Å². The van der Waals surface area contributed by atoms with Gasteiger partial charge in [-0.15, -0.1) is 0 Å². The molecule has 0 radical (unpaired) electrons. The molecule has 1 saturated heterocycles. The summed E-state index contributed by atoms with van der Waals surface area (Å²) in [7, 11) is 0. The number of aliphatic hydroxyl groups is 1. The third-order valence-electron chi connectivity index (χ3n) is 3.95. The Bertz CT molecular complexity index is 686. The summed E-state index contributed by atoms with van der Waals surface area (Å²) in [4.78, 5) is 6.71. The number of pyridine rings is 1. The second-order valence-electron chi connectivity index (χ2n) is 5.21. The van der Waals surface area contributed by atoms with Gasteiger partial charge in [0.2, 0.25) is 0 Å². The predicted molar refractivity (Wildman–Crippen MR) is 81.7 cm³/mol. The second-order valence-corrected chi connectivity index (χ2v) is 5.21. The largest absolute Gasteiger partial charge is 0.409 e. The second kappa shape index (κ2) is 5.57. The van der Waals surface area contributed by atoms with Gasteiger partial charge < -0.3 is 20.9 Å². The summed E-state index contributed by atoms with van der Waals surface area (Å²) in [5.41, 5.74) is 7.26. The number of benzene rings is 1. The van der Waals surface area contributed by atoms with Gasteiger partial charge in [0.1, 0.15) is 5.82 Å². The van der Waals surface area contributed by atoms with E-state index in [1.807, 2.05) is 35.2 Å². The Hall–Kier alpha value is -2.34. The maximum absolute atomic E-state index is 9.52.